The first-order valence-corrected chi connectivity index (χ1v) is 15.6. The van der Waals surface area contributed by atoms with Crippen LogP contribution in [-0.4, -0.2) is 89.1 Å². The number of benzene rings is 2. The second kappa shape index (κ2) is 19.3. The minimum Gasteiger partial charge on any atom is -0.862 e. The van der Waals surface area contributed by atoms with Gasteiger partial charge in [-0.1, -0.05) is 18.6 Å². The van der Waals surface area contributed by atoms with Gasteiger partial charge in [0.1, 0.15) is 35.7 Å². The van der Waals surface area contributed by atoms with E-state index in [2.05, 4.69) is 10.3 Å². The Hall–Kier alpha value is -3.32. The SMILES string of the molecule is COc1ccc(/C=C(\O[C@@H]2O[C@H](CN=C([O-])CCCCCNC(=O)Cc3c(C)c4ccc(N)cc4oc3=O)[C@H](O)[C@H](O)[C@H]2O)C(=O)O)cc1.[K+]. The molecule has 264 valence electrons. The van der Waals surface area contributed by atoms with Crippen LogP contribution in [0.4, 0.5) is 5.69 Å². The van der Waals surface area contributed by atoms with E-state index in [1.807, 2.05) is 0 Å². The number of aliphatic hydroxyl groups excluding tert-OH is 3. The zero-order valence-corrected chi connectivity index (χ0v) is 31.2. The topological polar surface area (TPSA) is 246 Å². The number of nitrogens with one attached hydrogen (secondary N) is 1. The van der Waals surface area contributed by atoms with Gasteiger partial charge in [0.15, 0.2) is 0 Å². The largest absolute Gasteiger partial charge is 1.00 e. The van der Waals surface area contributed by atoms with Gasteiger partial charge in [-0.3, -0.25) is 4.79 Å². The van der Waals surface area contributed by atoms with E-state index in [9.17, 15) is 39.9 Å². The van der Waals surface area contributed by atoms with E-state index >= 15 is 0 Å². The van der Waals surface area contributed by atoms with Crippen molar-refractivity contribution in [3.05, 3.63) is 75.3 Å². The number of aliphatic carboxylic acids is 1. The summed E-state index contributed by atoms with van der Waals surface area (Å²) in [5, 5.41) is 56.6. The summed E-state index contributed by atoms with van der Waals surface area (Å²) in [5.74, 6) is -2.35. The van der Waals surface area contributed by atoms with Crippen LogP contribution in [0.3, 0.4) is 0 Å². The normalized spacial score (nSPS) is 20.9. The molecule has 5 atom stereocenters. The fourth-order valence-electron chi connectivity index (χ4n) is 5.20. The number of unbranched alkanes of at least 4 members (excludes halogenated alkanes) is 2. The predicted molar refractivity (Wildman–Crippen MR) is 175 cm³/mol. The Morgan fingerprint density at radius 2 is 1.78 bits per heavy atom. The maximum atomic E-state index is 12.5. The van der Waals surface area contributed by atoms with Crippen LogP contribution in [0.1, 0.15) is 42.4 Å². The van der Waals surface area contributed by atoms with Crippen molar-refractivity contribution >= 4 is 40.5 Å². The standard InChI is InChI=1S/C34H41N3O12.K/c1-18-22-12-9-20(35)15-24(22)47-33(45)23(18)16-28(39)36-13-5-3-4-6-27(38)37-17-26-29(40)30(41)31(42)34(49-26)48-25(32(43)44)14-19-7-10-21(46-2)11-8-19;/h7-12,14-15,26,29-31,34,40-42H,3-6,13,16-17,35H2,1-2H3,(H,36,39)(H,37,38)(H,43,44);/q;+1/p-1/b25-14-;/t26-,29+,30+,31-,34-;/m1./s1. The van der Waals surface area contributed by atoms with Gasteiger partial charge in [0.05, 0.1) is 25.6 Å². The maximum absolute atomic E-state index is 12.5. The summed E-state index contributed by atoms with van der Waals surface area (Å²) in [7, 11) is 1.48. The molecule has 50 heavy (non-hydrogen) atoms. The van der Waals surface area contributed by atoms with E-state index in [0.717, 1.165) is 0 Å². The molecule has 2 heterocycles. The molecular formula is C34H40KN3O12. The first-order chi connectivity index (χ1) is 23.4. The molecule has 1 saturated heterocycles. The number of aliphatic imine (C=N–C) groups is 1. The number of rotatable bonds is 15. The van der Waals surface area contributed by atoms with Crippen LogP contribution in [0.5, 0.6) is 5.75 Å². The Bertz CT molecular complexity index is 1740. The van der Waals surface area contributed by atoms with Gasteiger partial charge >= 0.3 is 63.0 Å². The summed E-state index contributed by atoms with van der Waals surface area (Å²) in [5.41, 5.74) is 7.33. The number of aryl methyl sites for hydroxylation is 1. The zero-order chi connectivity index (χ0) is 35.7. The molecule has 0 unspecified atom stereocenters. The maximum Gasteiger partial charge on any atom is 1.00 e. The minimum atomic E-state index is -1.80. The Kier molecular flexibility index (Phi) is 15.9. The molecular weight excluding hydrogens is 681 g/mol. The van der Waals surface area contributed by atoms with Gasteiger partial charge in [-0.2, -0.15) is 0 Å². The van der Waals surface area contributed by atoms with Gasteiger partial charge < -0.3 is 60.2 Å². The summed E-state index contributed by atoms with van der Waals surface area (Å²) in [6.45, 7) is 1.70. The van der Waals surface area contributed by atoms with Crippen LogP contribution in [0, 0.1) is 6.92 Å². The molecule has 0 radical (unpaired) electrons. The average Bonchev–Trinajstić information content (AvgIpc) is 3.07. The van der Waals surface area contributed by atoms with E-state index in [-0.39, 0.29) is 82.2 Å². The van der Waals surface area contributed by atoms with Gasteiger partial charge in [-0.15, -0.1) is 0 Å². The second-order valence-corrected chi connectivity index (χ2v) is 11.5. The number of carboxylic acids is 1. The molecule has 1 aliphatic heterocycles. The average molecular weight is 722 g/mol. The Balaban J connectivity index is 0.00000676. The zero-order valence-electron chi connectivity index (χ0n) is 28.0. The van der Waals surface area contributed by atoms with Gasteiger partial charge in [0.25, 0.3) is 0 Å². The van der Waals surface area contributed by atoms with Crippen molar-refractivity contribution < 1.29 is 105 Å². The number of methoxy groups -OCH3 is 1. The molecule has 2 aromatic carbocycles. The van der Waals surface area contributed by atoms with Crippen LogP contribution >= 0.6 is 0 Å². The van der Waals surface area contributed by atoms with Crippen molar-refractivity contribution in [3.63, 3.8) is 0 Å². The van der Waals surface area contributed by atoms with E-state index in [4.69, 9.17) is 24.4 Å². The molecule has 0 aliphatic carbocycles. The predicted octanol–water partition coefficient (Wildman–Crippen LogP) is -2.38. The molecule has 1 aromatic heterocycles. The van der Waals surface area contributed by atoms with Crippen LogP contribution in [-0.2, 0) is 25.5 Å². The molecule has 16 heteroatoms. The monoisotopic (exact) mass is 721 g/mol. The third-order valence-electron chi connectivity index (χ3n) is 8.02. The summed E-state index contributed by atoms with van der Waals surface area (Å²) >= 11 is 0. The van der Waals surface area contributed by atoms with Gasteiger partial charge in [0.2, 0.25) is 18.0 Å². The summed E-state index contributed by atoms with van der Waals surface area (Å²) in [4.78, 5) is 40.6. The number of carbonyl (C=O) groups excluding carboxylic acids is 1. The number of ether oxygens (including phenoxy) is 3. The van der Waals surface area contributed by atoms with Gasteiger partial charge in [-0.25, -0.2) is 9.59 Å². The Labute approximate surface area is 330 Å². The molecule has 7 N–H and O–H groups in total. The Morgan fingerprint density at radius 3 is 2.46 bits per heavy atom. The number of carbonyl (C=O) groups is 2. The third kappa shape index (κ3) is 11.1. The number of carboxylic acid groups (broad SMARTS) is 1. The fraction of sp³-hybridized carbons (Fsp3) is 0.412. The van der Waals surface area contributed by atoms with Crippen molar-refractivity contribution in [2.75, 3.05) is 25.9 Å². The second-order valence-electron chi connectivity index (χ2n) is 11.5. The van der Waals surface area contributed by atoms with Crippen LogP contribution in [0.25, 0.3) is 17.0 Å². The third-order valence-corrected chi connectivity index (χ3v) is 8.02. The fourth-order valence-corrected chi connectivity index (χ4v) is 5.20. The number of amides is 1. The summed E-state index contributed by atoms with van der Waals surface area (Å²) < 4.78 is 21.3. The minimum absolute atomic E-state index is 0. The number of hydrogen-bond acceptors (Lipinski definition) is 13. The number of fused-ring (bicyclic) bond motifs is 1. The first-order valence-electron chi connectivity index (χ1n) is 15.6. The smallest absolute Gasteiger partial charge is 0.862 e. The quantitative estimate of drug-likeness (QED) is 0.0141. The molecule has 15 nitrogen and oxygen atoms in total. The van der Waals surface area contributed by atoms with Crippen molar-refractivity contribution in [1.82, 2.24) is 5.32 Å². The van der Waals surface area contributed by atoms with Crippen LogP contribution < -0.4 is 77.9 Å². The van der Waals surface area contributed by atoms with Crippen molar-refractivity contribution in [2.24, 2.45) is 4.99 Å². The molecule has 0 bridgehead atoms. The number of hydrogen-bond donors (Lipinski definition) is 6. The molecule has 1 fully saturated rings. The van der Waals surface area contributed by atoms with E-state index in [0.29, 0.717) is 59.3 Å². The number of nitrogens with two attached hydrogens (primary N) is 1. The van der Waals surface area contributed by atoms with Gasteiger partial charge in [0, 0.05) is 23.7 Å². The van der Waals surface area contributed by atoms with E-state index < -0.39 is 54.0 Å². The van der Waals surface area contributed by atoms with Crippen molar-refractivity contribution in [1.29, 1.82) is 0 Å². The number of aliphatic hydroxyl groups is 3. The molecule has 0 saturated carbocycles. The molecule has 1 aliphatic rings. The van der Waals surface area contributed by atoms with Crippen molar-refractivity contribution in [2.45, 2.75) is 69.7 Å². The first kappa shape index (κ1) is 41.1. The number of nitrogen functional groups attached to an aromatic ring is 1. The number of nitrogens with zero attached hydrogens (tertiary/aromatic N) is 1. The number of anilines is 1. The van der Waals surface area contributed by atoms with E-state index in [1.54, 1.807) is 49.4 Å². The molecule has 1 amide bonds. The molecule has 0 spiro atoms. The van der Waals surface area contributed by atoms with Crippen LogP contribution in [0.2, 0.25) is 0 Å². The van der Waals surface area contributed by atoms with Crippen molar-refractivity contribution in [3.8, 4) is 5.75 Å². The molecule has 3 aromatic rings. The van der Waals surface area contributed by atoms with Crippen LogP contribution in [0.15, 0.2) is 62.4 Å². The molecule has 4 rings (SSSR count). The van der Waals surface area contributed by atoms with E-state index in [1.165, 1.54) is 13.2 Å². The van der Waals surface area contributed by atoms with Gasteiger partial charge in [-0.05, 0) is 73.6 Å². The Morgan fingerprint density at radius 1 is 1.06 bits per heavy atom. The summed E-state index contributed by atoms with van der Waals surface area (Å²) in [6, 6.07) is 11.4. The summed E-state index contributed by atoms with van der Waals surface area (Å²) in [6.07, 6.45) is -5.43.